The van der Waals surface area contributed by atoms with Crippen LogP contribution in [-0.4, -0.2) is 19.1 Å². The molecule has 0 aliphatic carbocycles. The van der Waals surface area contributed by atoms with Crippen molar-refractivity contribution >= 4 is 11.6 Å². The number of hydrogen-bond donors (Lipinski definition) is 2. The predicted octanol–water partition coefficient (Wildman–Crippen LogP) is 3.71. The molecule has 0 saturated heterocycles. The lowest BCUT2D eigenvalue weighted by Gasteiger charge is -2.10. The number of nitrogens with zero attached hydrogens (tertiary/aromatic N) is 1. The quantitative estimate of drug-likeness (QED) is 0.651. The van der Waals surface area contributed by atoms with Gasteiger partial charge in [0.05, 0.1) is 6.61 Å². The van der Waals surface area contributed by atoms with E-state index in [4.69, 9.17) is 10.5 Å². The number of anilines is 1. The maximum Gasteiger partial charge on any atom is 0.193 e. The number of hydrogen-bond acceptors (Lipinski definition) is 2. The van der Waals surface area contributed by atoms with Crippen LogP contribution in [0.1, 0.15) is 36.5 Å². The van der Waals surface area contributed by atoms with Gasteiger partial charge >= 0.3 is 0 Å². The molecule has 0 radical (unpaired) electrons. The molecule has 0 saturated carbocycles. The Balaban J connectivity index is 1.55. The lowest BCUT2D eigenvalue weighted by molar-refractivity contribution is 0.357. The minimum atomic E-state index is 0.459. The van der Waals surface area contributed by atoms with E-state index in [1.165, 1.54) is 16.7 Å². The Kier molecular flexibility index (Phi) is 5.04. The molecule has 1 aliphatic rings. The number of nitrogens with one attached hydrogen (secondary N) is 1. The Labute approximate surface area is 143 Å². The maximum atomic E-state index is 6.01. The Hall–Kier alpha value is -2.49. The van der Waals surface area contributed by atoms with Gasteiger partial charge in [-0.1, -0.05) is 38.1 Å². The summed E-state index contributed by atoms with van der Waals surface area (Å²) >= 11 is 0. The monoisotopic (exact) mass is 323 g/mol. The molecule has 0 spiro atoms. The highest BCUT2D eigenvalue weighted by molar-refractivity contribution is 5.92. The molecule has 3 rings (SSSR count). The van der Waals surface area contributed by atoms with Gasteiger partial charge in [0.15, 0.2) is 5.96 Å². The van der Waals surface area contributed by atoms with E-state index in [0.29, 0.717) is 18.4 Å². The van der Waals surface area contributed by atoms with E-state index in [2.05, 4.69) is 54.5 Å². The topological polar surface area (TPSA) is 59.6 Å². The third-order valence-electron chi connectivity index (χ3n) is 4.26. The number of fused-ring (bicyclic) bond motifs is 1. The summed E-state index contributed by atoms with van der Waals surface area (Å²) in [6.07, 6.45) is 1.88. The molecule has 0 aromatic heterocycles. The number of guanidine groups is 1. The Morgan fingerprint density at radius 1 is 1.25 bits per heavy atom. The molecule has 0 bridgehead atoms. The molecule has 1 aliphatic heterocycles. The smallest absolute Gasteiger partial charge is 0.193 e. The van der Waals surface area contributed by atoms with Gasteiger partial charge in [0.1, 0.15) is 5.75 Å². The fourth-order valence-corrected chi connectivity index (χ4v) is 2.86. The minimum absolute atomic E-state index is 0.459. The van der Waals surface area contributed by atoms with Crippen molar-refractivity contribution in [2.45, 2.75) is 32.6 Å². The zero-order valence-corrected chi connectivity index (χ0v) is 14.4. The molecule has 1 heterocycles. The Morgan fingerprint density at radius 2 is 2.12 bits per heavy atom. The number of aliphatic imine (C=N–C) groups is 1. The molecule has 0 atom stereocenters. The minimum Gasteiger partial charge on any atom is -0.493 e. The number of ether oxygens (including phenoxy) is 1. The van der Waals surface area contributed by atoms with Crippen LogP contribution >= 0.6 is 0 Å². The molecule has 3 N–H and O–H groups in total. The highest BCUT2D eigenvalue weighted by Crippen LogP contribution is 2.26. The van der Waals surface area contributed by atoms with Crippen molar-refractivity contribution in [3.63, 3.8) is 0 Å². The van der Waals surface area contributed by atoms with Crippen molar-refractivity contribution in [1.82, 2.24) is 0 Å². The summed E-state index contributed by atoms with van der Waals surface area (Å²) in [6.45, 7) is 5.82. The molecule has 4 nitrogen and oxygen atoms in total. The second kappa shape index (κ2) is 7.39. The van der Waals surface area contributed by atoms with Crippen molar-refractivity contribution in [2.24, 2.45) is 10.7 Å². The maximum absolute atomic E-state index is 6.01. The van der Waals surface area contributed by atoms with E-state index in [0.717, 1.165) is 30.9 Å². The molecule has 2 aromatic carbocycles. The summed E-state index contributed by atoms with van der Waals surface area (Å²) < 4.78 is 5.53. The van der Waals surface area contributed by atoms with Gasteiger partial charge in [0.2, 0.25) is 0 Å². The summed E-state index contributed by atoms with van der Waals surface area (Å²) in [6, 6.07) is 14.7. The highest BCUT2D eigenvalue weighted by Gasteiger charge is 2.11. The first-order valence-corrected chi connectivity index (χ1v) is 8.53. The normalized spacial score (nSPS) is 13.7. The molecule has 126 valence electrons. The van der Waals surface area contributed by atoms with Gasteiger partial charge in [-0.2, -0.15) is 0 Å². The number of benzene rings is 2. The second-order valence-corrected chi connectivity index (χ2v) is 6.46. The number of rotatable bonds is 5. The number of nitrogens with two attached hydrogens (primary N) is 1. The molecular formula is C20H25N3O. The van der Waals surface area contributed by atoms with Crippen LogP contribution in [0.4, 0.5) is 5.69 Å². The predicted molar refractivity (Wildman–Crippen MR) is 100.0 cm³/mol. The molecule has 24 heavy (non-hydrogen) atoms. The van der Waals surface area contributed by atoms with Gasteiger partial charge in [0.25, 0.3) is 0 Å². The van der Waals surface area contributed by atoms with E-state index in [-0.39, 0.29) is 0 Å². The van der Waals surface area contributed by atoms with Gasteiger partial charge in [-0.25, -0.2) is 0 Å². The van der Waals surface area contributed by atoms with Gasteiger partial charge < -0.3 is 15.8 Å². The Morgan fingerprint density at radius 3 is 2.96 bits per heavy atom. The van der Waals surface area contributed by atoms with Crippen LogP contribution in [0, 0.1) is 0 Å². The second-order valence-electron chi connectivity index (χ2n) is 6.46. The molecule has 2 aromatic rings. The molecule has 0 fully saturated rings. The first-order chi connectivity index (χ1) is 11.6. The van der Waals surface area contributed by atoms with Crippen molar-refractivity contribution in [1.29, 1.82) is 0 Å². The van der Waals surface area contributed by atoms with Crippen LogP contribution in [0.2, 0.25) is 0 Å². The van der Waals surface area contributed by atoms with Crippen molar-refractivity contribution in [3.8, 4) is 5.75 Å². The zero-order chi connectivity index (χ0) is 16.9. The highest BCUT2D eigenvalue weighted by atomic mass is 16.5. The lowest BCUT2D eigenvalue weighted by atomic mass is 10.0. The SMILES string of the molecule is CC(C)c1cccc(NC(N)=NCCc2ccc3c(c2)CCO3)c1. The fraction of sp³-hybridized carbons (Fsp3) is 0.350. The summed E-state index contributed by atoms with van der Waals surface area (Å²) in [5.41, 5.74) is 10.8. The Bertz CT molecular complexity index is 737. The van der Waals surface area contributed by atoms with Crippen LogP contribution in [-0.2, 0) is 12.8 Å². The standard InChI is InChI=1S/C20H25N3O/c1-14(2)16-4-3-5-18(13-16)23-20(21)22-10-8-15-6-7-19-17(12-15)9-11-24-19/h3-7,12-14H,8-11H2,1-2H3,(H3,21,22,23). The summed E-state index contributed by atoms with van der Waals surface area (Å²) in [5.74, 6) is 1.97. The average Bonchev–Trinajstić information content (AvgIpc) is 3.02. The molecule has 4 heteroatoms. The van der Waals surface area contributed by atoms with E-state index < -0.39 is 0 Å². The van der Waals surface area contributed by atoms with Gasteiger partial charge in [-0.3, -0.25) is 4.99 Å². The van der Waals surface area contributed by atoms with Gasteiger partial charge in [-0.05, 0) is 47.2 Å². The van der Waals surface area contributed by atoms with Crippen LogP contribution in [0.3, 0.4) is 0 Å². The lowest BCUT2D eigenvalue weighted by Crippen LogP contribution is -2.23. The van der Waals surface area contributed by atoms with Gasteiger partial charge in [-0.15, -0.1) is 0 Å². The first kappa shape index (κ1) is 16.4. The molecule has 0 unspecified atom stereocenters. The fourth-order valence-electron chi connectivity index (χ4n) is 2.86. The van der Waals surface area contributed by atoms with Crippen molar-refractivity contribution in [3.05, 3.63) is 59.2 Å². The van der Waals surface area contributed by atoms with E-state index in [1.54, 1.807) is 0 Å². The van der Waals surface area contributed by atoms with Crippen LogP contribution in [0.25, 0.3) is 0 Å². The first-order valence-electron chi connectivity index (χ1n) is 8.53. The zero-order valence-electron chi connectivity index (χ0n) is 14.4. The van der Waals surface area contributed by atoms with E-state index in [9.17, 15) is 0 Å². The summed E-state index contributed by atoms with van der Waals surface area (Å²) in [7, 11) is 0. The summed E-state index contributed by atoms with van der Waals surface area (Å²) in [4.78, 5) is 4.43. The van der Waals surface area contributed by atoms with Crippen molar-refractivity contribution < 1.29 is 4.74 Å². The third kappa shape index (κ3) is 4.07. The largest absolute Gasteiger partial charge is 0.493 e. The van der Waals surface area contributed by atoms with E-state index in [1.807, 2.05) is 12.1 Å². The molecular weight excluding hydrogens is 298 g/mol. The van der Waals surface area contributed by atoms with Crippen LogP contribution in [0.5, 0.6) is 5.75 Å². The third-order valence-corrected chi connectivity index (χ3v) is 4.26. The van der Waals surface area contributed by atoms with Crippen LogP contribution in [0.15, 0.2) is 47.5 Å². The van der Waals surface area contributed by atoms with Gasteiger partial charge in [0, 0.05) is 18.7 Å². The average molecular weight is 323 g/mol. The van der Waals surface area contributed by atoms with Crippen LogP contribution < -0.4 is 15.8 Å². The van der Waals surface area contributed by atoms with E-state index >= 15 is 0 Å². The molecule has 0 amide bonds. The van der Waals surface area contributed by atoms with Crippen molar-refractivity contribution in [2.75, 3.05) is 18.5 Å². The summed E-state index contributed by atoms with van der Waals surface area (Å²) in [5, 5.41) is 3.17.